The minimum absolute atomic E-state index is 0.149. The summed E-state index contributed by atoms with van der Waals surface area (Å²) >= 11 is 1.88. The van der Waals surface area contributed by atoms with E-state index in [1.54, 1.807) is 0 Å². The average molecular weight is 902 g/mol. The molecule has 10 aromatic carbocycles. The van der Waals surface area contributed by atoms with Gasteiger partial charge in [-0.2, -0.15) is 0 Å². The van der Waals surface area contributed by atoms with E-state index in [0.717, 1.165) is 46.5 Å². The maximum Gasteiger partial charge on any atom is 0.136 e. The molecule has 69 heavy (non-hydrogen) atoms. The third-order valence-electron chi connectivity index (χ3n) is 15.3. The Morgan fingerprint density at radius 3 is 1.97 bits per heavy atom. The molecule has 0 N–H and O–H groups in total. The standard InChI is InChI=1S/C66H47NOS/c1-66(2)57-22-12-9-19-51(57)52-36-32-48(40-58(52)66)67(46-29-25-42(26-30-46)41-15-5-3-6-16-41)47-31-35-50-49(43-17-7-4-8-18-43)33-27-44-37-60-65(55-21-10-13-23-59(55)68-60)64(63(44)56(50)39-47)45-28-34-54-53-20-11-14-24-61(53)69-62(54)38-45/h3-26,28-32,34-40,49H,27,33H2,1-2H3. The van der Waals surface area contributed by atoms with Gasteiger partial charge in [-0.1, -0.05) is 172 Å². The summed E-state index contributed by atoms with van der Waals surface area (Å²) in [5.74, 6) is 0.196. The van der Waals surface area contributed by atoms with Gasteiger partial charge in [-0.3, -0.25) is 0 Å². The fraction of sp³-hybridized carbons (Fsp3) is 0.0909. The van der Waals surface area contributed by atoms with Crippen molar-refractivity contribution in [2.45, 2.75) is 38.0 Å². The summed E-state index contributed by atoms with van der Waals surface area (Å²) in [5, 5.41) is 4.93. The molecule has 12 aromatic rings. The lowest BCUT2D eigenvalue weighted by Gasteiger charge is -2.30. The van der Waals surface area contributed by atoms with Crippen molar-refractivity contribution < 1.29 is 4.42 Å². The largest absolute Gasteiger partial charge is 0.456 e. The first kappa shape index (κ1) is 40.1. The normalized spacial score (nSPS) is 14.7. The van der Waals surface area contributed by atoms with Gasteiger partial charge in [0.15, 0.2) is 0 Å². The first-order chi connectivity index (χ1) is 34.0. The van der Waals surface area contributed by atoms with Crippen LogP contribution >= 0.6 is 11.3 Å². The van der Waals surface area contributed by atoms with E-state index in [1.807, 2.05) is 11.3 Å². The molecule has 0 bridgehead atoms. The van der Waals surface area contributed by atoms with Gasteiger partial charge in [-0.25, -0.2) is 0 Å². The molecule has 0 aliphatic heterocycles. The average Bonchev–Trinajstić information content (AvgIpc) is 3.99. The third kappa shape index (κ3) is 6.30. The van der Waals surface area contributed by atoms with Gasteiger partial charge in [0.25, 0.3) is 0 Å². The molecule has 0 fully saturated rings. The summed E-state index contributed by atoms with van der Waals surface area (Å²) in [5.41, 5.74) is 21.9. The smallest absolute Gasteiger partial charge is 0.136 e. The predicted octanol–water partition coefficient (Wildman–Crippen LogP) is 18.8. The number of aryl methyl sites for hydroxylation is 1. The van der Waals surface area contributed by atoms with Crippen LogP contribution < -0.4 is 4.90 Å². The van der Waals surface area contributed by atoms with Crippen molar-refractivity contribution >= 4 is 70.5 Å². The highest BCUT2D eigenvalue weighted by atomic mass is 32.1. The molecule has 0 saturated carbocycles. The monoisotopic (exact) mass is 901 g/mol. The molecule has 1 atom stereocenters. The van der Waals surface area contributed by atoms with Gasteiger partial charge >= 0.3 is 0 Å². The van der Waals surface area contributed by atoms with Gasteiger partial charge in [0, 0.05) is 64.9 Å². The Bertz CT molecular complexity index is 3990. The number of hydrogen-bond donors (Lipinski definition) is 0. The number of benzene rings is 10. The van der Waals surface area contributed by atoms with Crippen LogP contribution in [0, 0.1) is 0 Å². The van der Waals surface area contributed by atoms with Crippen molar-refractivity contribution in [2.75, 3.05) is 4.90 Å². The lowest BCUT2D eigenvalue weighted by molar-refractivity contribution is 0.660. The van der Waals surface area contributed by atoms with Crippen LogP contribution in [0.2, 0.25) is 0 Å². The van der Waals surface area contributed by atoms with Gasteiger partial charge in [0.1, 0.15) is 11.2 Å². The molecule has 0 spiro atoms. The molecule has 0 radical (unpaired) electrons. The van der Waals surface area contributed by atoms with Gasteiger partial charge in [0.2, 0.25) is 0 Å². The first-order valence-electron chi connectivity index (χ1n) is 24.2. The fourth-order valence-corrected chi connectivity index (χ4v) is 13.2. The molecule has 2 aliphatic rings. The van der Waals surface area contributed by atoms with Crippen LogP contribution in [0.1, 0.15) is 54.0 Å². The number of anilines is 3. The summed E-state index contributed by atoms with van der Waals surface area (Å²) in [6.45, 7) is 4.75. The van der Waals surface area contributed by atoms with Crippen LogP contribution in [0.25, 0.3) is 86.6 Å². The second-order valence-corrected chi connectivity index (χ2v) is 20.6. The zero-order valence-electron chi connectivity index (χ0n) is 38.5. The Hall–Kier alpha value is -7.98. The lowest BCUT2D eigenvalue weighted by atomic mass is 9.82. The van der Waals surface area contributed by atoms with E-state index in [2.05, 4.69) is 237 Å². The van der Waals surface area contributed by atoms with Crippen molar-refractivity contribution in [3.05, 3.63) is 246 Å². The number of nitrogens with zero attached hydrogens (tertiary/aromatic N) is 1. The Labute approximate surface area is 406 Å². The summed E-state index contributed by atoms with van der Waals surface area (Å²) in [6, 6.07) is 81.4. The first-order valence-corrected chi connectivity index (χ1v) is 25.1. The van der Waals surface area contributed by atoms with E-state index < -0.39 is 0 Å². The summed E-state index contributed by atoms with van der Waals surface area (Å²) in [6.07, 6.45) is 1.89. The van der Waals surface area contributed by atoms with Crippen molar-refractivity contribution in [1.82, 2.24) is 0 Å². The SMILES string of the molecule is CC1(C)c2ccccc2-c2ccc(N(c3ccc(-c4ccccc4)cc3)c3ccc4c(c3)-c3c(cc5oc6ccccc6c5c3-c3ccc5c(c3)sc3ccccc35)CCC4c3ccccc3)cc21. The molecule has 2 aliphatic carbocycles. The van der Waals surface area contributed by atoms with Crippen LogP contribution in [0.15, 0.2) is 223 Å². The highest BCUT2D eigenvalue weighted by molar-refractivity contribution is 7.25. The topological polar surface area (TPSA) is 16.4 Å². The molecule has 2 heterocycles. The fourth-order valence-electron chi connectivity index (χ4n) is 12.0. The number of fused-ring (bicyclic) bond motifs is 12. The van der Waals surface area contributed by atoms with E-state index >= 15 is 0 Å². The minimum Gasteiger partial charge on any atom is -0.456 e. The number of para-hydroxylation sites is 1. The Balaban J connectivity index is 1.05. The van der Waals surface area contributed by atoms with Crippen molar-refractivity contribution in [2.24, 2.45) is 0 Å². The van der Waals surface area contributed by atoms with Crippen LogP contribution in [-0.4, -0.2) is 0 Å². The maximum absolute atomic E-state index is 6.85. The van der Waals surface area contributed by atoms with Gasteiger partial charge in [0.05, 0.1) is 0 Å². The van der Waals surface area contributed by atoms with Gasteiger partial charge in [-0.15, -0.1) is 11.3 Å². The summed E-state index contributed by atoms with van der Waals surface area (Å²) < 4.78 is 9.45. The lowest BCUT2D eigenvalue weighted by Crippen LogP contribution is -2.16. The maximum atomic E-state index is 6.85. The van der Waals surface area contributed by atoms with Gasteiger partial charge in [-0.05, 0) is 140 Å². The Morgan fingerprint density at radius 2 is 1.12 bits per heavy atom. The van der Waals surface area contributed by atoms with E-state index in [-0.39, 0.29) is 11.3 Å². The summed E-state index contributed by atoms with van der Waals surface area (Å²) in [4.78, 5) is 2.49. The molecule has 3 heteroatoms. The molecule has 2 aromatic heterocycles. The molecule has 0 saturated heterocycles. The zero-order chi connectivity index (χ0) is 45.8. The molecule has 14 rings (SSSR count). The van der Waals surface area contributed by atoms with E-state index in [4.69, 9.17) is 4.42 Å². The molecule has 0 amide bonds. The van der Waals surface area contributed by atoms with Crippen molar-refractivity contribution in [3.63, 3.8) is 0 Å². The number of hydrogen-bond acceptors (Lipinski definition) is 3. The molecular formula is C66H47NOS. The van der Waals surface area contributed by atoms with Crippen LogP contribution in [0.4, 0.5) is 17.1 Å². The molecule has 328 valence electrons. The predicted molar refractivity (Wildman–Crippen MR) is 292 cm³/mol. The highest BCUT2D eigenvalue weighted by Crippen LogP contribution is 2.54. The quantitative estimate of drug-likeness (QED) is 0.165. The number of thiophene rings is 1. The molecular weight excluding hydrogens is 855 g/mol. The van der Waals surface area contributed by atoms with Crippen LogP contribution in [0.3, 0.4) is 0 Å². The number of furan rings is 1. The molecule has 2 nitrogen and oxygen atoms in total. The third-order valence-corrected chi connectivity index (χ3v) is 16.5. The molecule has 1 unspecified atom stereocenters. The second kappa shape index (κ2) is 15.5. The zero-order valence-corrected chi connectivity index (χ0v) is 39.4. The Morgan fingerprint density at radius 1 is 0.464 bits per heavy atom. The number of rotatable bonds is 6. The summed E-state index contributed by atoms with van der Waals surface area (Å²) in [7, 11) is 0. The second-order valence-electron chi connectivity index (χ2n) is 19.5. The van der Waals surface area contributed by atoms with E-state index in [0.29, 0.717) is 0 Å². The van der Waals surface area contributed by atoms with Crippen molar-refractivity contribution in [3.8, 4) is 44.5 Å². The van der Waals surface area contributed by atoms with E-state index in [9.17, 15) is 0 Å². The Kier molecular flexibility index (Phi) is 9.03. The van der Waals surface area contributed by atoms with Gasteiger partial charge < -0.3 is 9.32 Å². The highest BCUT2D eigenvalue weighted by Gasteiger charge is 2.36. The van der Waals surface area contributed by atoms with E-state index in [1.165, 1.54) is 97.9 Å². The van der Waals surface area contributed by atoms with Crippen LogP contribution in [0.5, 0.6) is 0 Å². The van der Waals surface area contributed by atoms with Crippen LogP contribution in [-0.2, 0) is 11.8 Å². The minimum atomic E-state index is -0.149. The van der Waals surface area contributed by atoms with Crippen molar-refractivity contribution in [1.29, 1.82) is 0 Å².